The van der Waals surface area contributed by atoms with Crippen molar-refractivity contribution < 1.29 is 0 Å². The number of thioether (sulfide) groups is 1. The first-order valence-electron chi connectivity index (χ1n) is 5.19. The Hall–Kier alpha value is -0.210. The maximum atomic E-state index is 3.66. The highest BCUT2D eigenvalue weighted by Crippen LogP contribution is 2.38. The van der Waals surface area contributed by atoms with Crippen LogP contribution in [-0.2, 0) is 0 Å². The summed E-state index contributed by atoms with van der Waals surface area (Å²) in [5.74, 6) is 1.34. The van der Waals surface area contributed by atoms with Gasteiger partial charge in [0.05, 0.1) is 0 Å². The van der Waals surface area contributed by atoms with Crippen LogP contribution in [0.4, 0.5) is 0 Å². The lowest BCUT2D eigenvalue weighted by Gasteiger charge is -2.32. The van der Waals surface area contributed by atoms with Crippen LogP contribution in [0.25, 0.3) is 0 Å². The third kappa shape index (κ3) is 1.27. The summed E-state index contributed by atoms with van der Waals surface area (Å²) in [5, 5.41) is 4.46. The van der Waals surface area contributed by atoms with E-state index in [9.17, 15) is 0 Å². The molecule has 1 fully saturated rings. The maximum Gasteiger partial charge on any atom is 0.0388 e. The summed E-state index contributed by atoms with van der Waals surface area (Å²) < 4.78 is 0. The Morgan fingerprint density at radius 2 is 2.46 bits per heavy atom. The zero-order valence-electron chi connectivity index (χ0n) is 7.75. The molecular weight excluding hydrogens is 178 g/mol. The van der Waals surface area contributed by atoms with E-state index in [4.69, 9.17) is 0 Å². The van der Waals surface area contributed by atoms with E-state index in [-0.39, 0.29) is 0 Å². The lowest BCUT2D eigenvalue weighted by molar-refractivity contribution is 0.512. The van der Waals surface area contributed by atoms with Crippen molar-refractivity contribution in [3.8, 4) is 0 Å². The molecule has 13 heavy (non-hydrogen) atoms. The molecule has 1 saturated heterocycles. The van der Waals surface area contributed by atoms with Crippen molar-refractivity contribution >= 4 is 11.8 Å². The fourth-order valence-corrected chi connectivity index (χ4v) is 3.91. The number of hydrogen-bond donors (Lipinski definition) is 1. The number of nitrogens with one attached hydrogen (secondary N) is 1. The summed E-state index contributed by atoms with van der Waals surface area (Å²) >= 11 is 2.13. The van der Waals surface area contributed by atoms with Crippen molar-refractivity contribution in [1.29, 1.82) is 0 Å². The Morgan fingerprint density at radius 3 is 3.46 bits per heavy atom. The van der Waals surface area contributed by atoms with Crippen LogP contribution in [0.1, 0.15) is 19.3 Å². The van der Waals surface area contributed by atoms with E-state index in [2.05, 4.69) is 29.2 Å². The van der Waals surface area contributed by atoms with Crippen LogP contribution in [-0.4, -0.2) is 23.6 Å². The molecule has 3 aliphatic rings. The monoisotopic (exact) mass is 193 g/mol. The van der Waals surface area contributed by atoms with Gasteiger partial charge in [0.25, 0.3) is 0 Å². The van der Waals surface area contributed by atoms with Gasteiger partial charge in [0.2, 0.25) is 0 Å². The molecule has 70 valence electrons. The first-order valence-corrected chi connectivity index (χ1v) is 6.24. The molecule has 1 N–H and O–H groups in total. The third-order valence-electron chi connectivity index (χ3n) is 3.29. The molecule has 1 nitrogen and oxygen atoms in total. The minimum Gasteiger partial charge on any atom is -0.309 e. The lowest BCUT2D eigenvalue weighted by atomic mass is 9.87. The zero-order valence-corrected chi connectivity index (χ0v) is 8.57. The van der Waals surface area contributed by atoms with Crippen LogP contribution in [0.2, 0.25) is 0 Å². The zero-order chi connectivity index (χ0) is 8.67. The minimum atomic E-state index is 0.690. The van der Waals surface area contributed by atoms with Crippen molar-refractivity contribution in [1.82, 2.24) is 5.32 Å². The summed E-state index contributed by atoms with van der Waals surface area (Å²) in [6.07, 6.45) is 8.62. The second-order valence-electron chi connectivity index (χ2n) is 4.03. The molecule has 2 heteroatoms. The Kier molecular flexibility index (Phi) is 1.99. The molecule has 0 radical (unpaired) electrons. The smallest absolute Gasteiger partial charge is 0.0388 e. The predicted molar refractivity (Wildman–Crippen MR) is 58.1 cm³/mol. The summed E-state index contributed by atoms with van der Waals surface area (Å²) in [6, 6.07) is 0.690. The van der Waals surface area contributed by atoms with Crippen LogP contribution in [0.15, 0.2) is 23.3 Å². The van der Waals surface area contributed by atoms with Crippen LogP contribution in [0.5, 0.6) is 0 Å². The molecule has 2 heterocycles. The fraction of sp³-hybridized carbons (Fsp3) is 0.636. The maximum absolute atomic E-state index is 3.66. The van der Waals surface area contributed by atoms with Gasteiger partial charge in [0.15, 0.2) is 0 Å². The molecule has 2 atom stereocenters. The first kappa shape index (κ1) is 8.13. The van der Waals surface area contributed by atoms with Crippen LogP contribution in [0.3, 0.4) is 0 Å². The Labute approximate surface area is 83.7 Å². The van der Waals surface area contributed by atoms with Crippen molar-refractivity contribution in [2.24, 2.45) is 0 Å². The molecule has 0 aromatic rings. The Bertz CT molecular complexity index is 280. The van der Waals surface area contributed by atoms with Crippen LogP contribution in [0, 0.1) is 0 Å². The molecule has 3 rings (SSSR count). The van der Waals surface area contributed by atoms with E-state index in [0.717, 1.165) is 5.25 Å². The van der Waals surface area contributed by atoms with Crippen molar-refractivity contribution in [2.45, 2.75) is 30.6 Å². The normalized spacial score (nSPS) is 37.5. The third-order valence-corrected chi connectivity index (χ3v) is 4.59. The molecule has 0 aromatic heterocycles. The van der Waals surface area contributed by atoms with E-state index >= 15 is 0 Å². The van der Waals surface area contributed by atoms with Gasteiger partial charge in [-0.3, -0.25) is 0 Å². The lowest BCUT2D eigenvalue weighted by Crippen LogP contribution is -2.41. The van der Waals surface area contributed by atoms with Gasteiger partial charge in [-0.15, -0.1) is 0 Å². The van der Waals surface area contributed by atoms with Crippen molar-refractivity contribution in [3.63, 3.8) is 0 Å². The van der Waals surface area contributed by atoms with E-state index in [1.54, 1.807) is 11.1 Å². The van der Waals surface area contributed by atoms with Gasteiger partial charge in [-0.25, -0.2) is 0 Å². The van der Waals surface area contributed by atoms with Crippen LogP contribution < -0.4 is 5.32 Å². The highest BCUT2D eigenvalue weighted by Gasteiger charge is 2.32. The van der Waals surface area contributed by atoms with Crippen LogP contribution >= 0.6 is 11.8 Å². The standard InChI is InChI=1S/C11H15NS/c1-2-4-10-8(3-1)9-5-6-13-11(9)7-12-10/h1,3,10-12H,2,4-7H2. The molecular formula is C11H15NS. The van der Waals surface area contributed by atoms with Gasteiger partial charge in [-0.05, 0) is 30.6 Å². The molecule has 1 aliphatic carbocycles. The SMILES string of the molecule is C1=CC2=C3CCSC3CNC2CC1. The summed E-state index contributed by atoms with van der Waals surface area (Å²) in [5.41, 5.74) is 3.39. The van der Waals surface area contributed by atoms with Gasteiger partial charge in [-0.1, -0.05) is 17.7 Å². The van der Waals surface area contributed by atoms with Crippen molar-refractivity contribution in [2.75, 3.05) is 12.3 Å². The fourth-order valence-electron chi connectivity index (χ4n) is 2.62. The van der Waals surface area contributed by atoms with Crippen molar-refractivity contribution in [3.05, 3.63) is 23.3 Å². The second kappa shape index (κ2) is 3.18. The van der Waals surface area contributed by atoms with E-state index in [1.165, 1.54) is 31.6 Å². The number of allylic oxidation sites excluding steroid dienone is 1. The van der Waals surface area contributed by atoms with Gasteiger partial charge in [-0.2, -0.15) is 11.8 Å². The molecule has 0 bridgehead atoms. The first-order chi connectivity index (χ1) is 6.45. The molecule has 0 amide bonds. The van der Waals surface area contributed by atoms with E-state index < -0.39 is 0 Å². The van der Waals surface area contributed by atoms with Gasteiger partial charge in [0.1, 0.15) is 0 Å². The van der Waals surface area contributed by atoms with E-state index in [1.807, 2.05) is 0 Å². The largest absolute Gasteiger partial charge is 0.309 e. The van der Waals surface area contributed by atoms with E-state index in [0.29, 0.717) is 6.04 Å². The molecule has 0 aromatic carbocycles. The predicted octanol–water partition coefficient (Wildman–Crippen LogP) is 2.11. The average Bonchev–Trinajstić information content (AvgIpc) is 2.65. The summed E-state index contributed by atoms with van der Waals surface area (Å²) in [7, 11) is 0. The number of rotatable bonds is 0. The highest BCUT2D eigenvalue weighted by atomic mass is 32.2. The Morgan fingerprint density at radius 1 is 1.46 bits per heavy atom. The topological polar surface area (TPSA) is 12.0 Å². The minimum absolute atomic E-state index is 0.690. The molecule has 2 unspecified atom stereocenters. The number of hydrogen-bond acceptors (Lipinski definition) is 2. The highest BCUT2D eigenvalue weighted by molar-refractivity contribution is 8.00. The summed E-state index contributed by atoms with van der Waals surface area (Å²) in [4.78, 5) is 0. The quantitative estimate of drug-likeness (QED) is 0.632. The average molecular weight is 193 g/mol. The second-order valence-corrected chi connectivity index (χ2v) is 5.34. The molecule has 0 spiro atoms. The molecule has 0 saturated carbocycles. The number of fused-ring (bicyclic) bond motifs is 2. The summed E-state index contributed by atoms with van der Waals surface area (Å²) in [6.45, 7) is 1.21. The Balaban J connectivity index is 2.03. The van der Waals surface area contributed by atoms with Gasteiger partial charge < -0.3 is 5.32 Å². The van der Waals surface area contributed by atoms with Gasteiger partial charge in [0, 0.05) is 17.8 Å². The molecule has 2 aliphatic heterocycles. The van der Waals surface area contributed by atoms with Gasteiger partial charge >= 0.3 is 0 Å².